The van der Waals surface area contributed by atoms with Crippen LogP contribution in [-0.4, -0.2) is 20.8 Å². The number of benzene rings is 1. The van der Waals surface area contributed by atoms with Gasteiger partial charge >= 0.3 is 11.3 Å². The molecule has 0 aliphatic carbocycles. The van der Waals surface area contributed by atoms with Crippen LogP contribution in [0.25, 0.3) is 22.6 Å². The zero-order valence-corrected chi connectivity index (χ0v) is 12.8. The predicted octanol–water partition coefficient (Wildman–Crippen LogP) is 1.58. The third-order valence-electron chi connectivity index (χ3n) is 3.41. The molecule has 0 aromatic heterocycles. The molecule has 1 aromatic carbocycles. The van der Waals surface area contributed by atoms with E-state index in [1.807, 2.05) is 30.5 Å². The topological polar surface area (TPSA) is 74.7 Å². The number of fused-ring (bicyclic) bond motifs is 2. The second-order valence-corrected chi connectivity index (χ2v) is 5.49. The van der Waals surface area contributed by atoms with Crippen LogP contribution in [0.3, 0.4) is 0 Å². The summed E-state index contributed by atoms with van der Waals surface area (Å²) in [5, 5.41) is 12.9. The molecule has 108 valence electrons. The van der Waals surface area contributed by atoms with Gasteiger partial charge in [0.1, 0.15) is 5.52 Å². The molecule has 3 rings (SSSR count). The first-order valence-electron chi connectivity index (χ1n) is 6.55. The van der Waals surface area contributed by atoms with E-state index in [1.165, 1.54) is 11.8 Å². The van der Waals surface area contributed by atoms with Crippen LogP contribution in [0.4, 0.5) is 0 Å². The van der Waals surface area contributed by atoms with Gasteiger partial charge in [-0.2, -0.15) is 14.7 Å². The first-order valence-corrected chi connectivity index (χ1v) is 7.77. The third kappa shape index (κ3) is 2.04. The molecule has 0 N–H and O–H groups in total. The molecule has 2 aliphatic heterocycles. The van der Waals surface area contributed by atoms with Gasteiger partial charge in [0.25, 0.3) is 0 Å². The number of hydrogen-bond donors (Lipinski definition) is 0. The molecule has 6 nitrogen and oxygen atoms in total. The highest BCUT2D eigenvalue weighted by Crippen LogP contribution is 2.22. The average molecular weight is 302 g/mol. The molecule has 2 heterocycles. The van der Waals surface area contributed by atoms with Gasteiger partial charge in [0, 0.05) is 12.6 Å². The molecule has 0 fully saturated rings. The molecular formula is C14H14N4O2S. The van der Waals surface area contributed by atoms with Crippen LogP contribution < -0.4 is 10.3 Å². The number of aryl methyl sites for hydroxylation is 2. The smallest absolute Gasteiger partial charge is 0.349 e. The highest BCUT2D eigenvalue weighted by atomic mass is 32.2. The van der Waals surface area contributed by atoms with Crippen molar-refractivity contribution in [2.24, 2.45) is 0 Å². The van der Waals surface area contributed by atoms with E-state index in [0.29, 0.717) is 27.8 Å². The monoisotopic (exact) mass is 302 g/mol. The van der Waals surface area contributed by atoms with E-state index < -0.39 is 5.56 Å². The van der Waals surface area contributed by atoms with Crippen molar-refractivity contribution in [3.05, 3.63) is 39.3 Å². The van der Waals surface area contributed by atoms with Gasteiger partial charge in [0.05, 0.1) is 0 Å². The van der Waals surface area contributed by atoms with E-state index in [-0.39, 0.29) is 5.69 Å². The molecule has 0 radical (unpaired) electrons. The highest BCUT2D eigenvalue weighted by Gasteiger charge is 2.27. The van der Waals surface area contributed by atoms with Gasteiger partial charge < -0.3 is 9.77 Å². The molecule has 0 saturated carbocycles. The molecule has 0 bridgehead atoms. The summed E-state index contributed by atoms with van der Waals surface area (Å²) in [6.45, 7) is 4.48. The number of thioether (sulfide) groups is 1. The zero-order valence-electron chi connectivity index (χ0n) is 12.0. The minimum Gasteiger partial charge on any atom is -0.618 e. The van der Waals surface area contributed by atoms with Crippen molar-refractivity contribution in [2.45, 2.75) is 25.5 Å². The fourth-order valence-corrected chi connectivity index (χ4v) is 2.79. The summed E-state index contributed by atoms with van der Waals surface area (Å²) >= 11 is 1.28. The van der Waals surface area contributed by atoms with Crippen LogP contribution in [0.1, 0.15) is 12.5 Å². The Hall–Kier alpha value is -2.15. The van der Waals surface area contributed by atoms with Gasteiger partial charge in [-0.25, -0.2) is 0 Å². The lowest BCUT2D eigenvalue weighted by atomic mass is 10.2. The molecule has 0 spiro atoms. The van der Waals surface area contributed by atoms with Crippen molar-refractivity contribution in [3.63, 3.8) is 0 Å². The summed E-state index contributed by atoms with van der Waals surface area (Å²) < 4.78 is 2.53. The van der Waals surface area contributed by atoms with Gasteiger partial charge in [-0.05, 0) is 31.7 Å². The van der Waals surface area contributed by atoms with Gasteiger partial charge in [-0.15, -0.1) is 0 Å². The SMILES string of the molecule is CCn1c2nc(SC)nc(=O)c-2[n+]([O-])c2cc(C)ccc21. The Morgan fingerprint density at radius 2 is 2.14 bits per heavy atom. The molecule has 1 aromatic rings. The summed E-state index contributed by atoms with van der Waals surface area (Å²) in [7, 11) is 0. The second-order valence-electron chi connectivity index (χ2n) is 4.72. The first kappa shape index (κ1) is 13.8. The number of hydrogen-bond acceptors (Lipinski definition) is 5. The second kappa shape index (κ2) is 5.00. The van der Waals surface area contributed by atoms with Crippen molar-refractivity contribution in [2.75, 3.05) is 6.26 Å². The van der Waals surface area contributed by atoms with Crippen LogP contribution in [0, 0.1) is 12.1 Å². The summed E-state index contributed by atoms with van der Waals surface area (Å²) in [4.78, 5) is 20.4. The van der Waals surface area contributed by atoms with Gasteiger partial charge in [-0.3, -0.25) is 4.79 Å². The quantitative estimate of drug-likeness (QED) is 0.236. The lowest BCUT2D eigenvalue weighted by molar-refractivity contribution is -0.566. The number of aromatic nitrogens is 4. The molecule has 21 heavy (non-hydrogen) atoms. The summed E-state index contributed by atoms with van der Waals surface area (Å²) in [6.07, 6.45) is 1.80. The summed E-state index contributed by atoms with van der Waals surface area (Å²) in [5.41, 5.74) is 1.64. The molecule has 0 amide bonds. The molecule has 0 atom stereocenters. The number of rotatable bonds is 2. The maximum absolute atomic E-state index is 12.5. The largest absolute Gasteiger partial charge is 0.618 e. The highest BCUT2D eigenvalue weighted by molar-refractivity contribution is 7.98. The fourth-order valence-electron chi connectivity index (χ4n) is 2.44. The molecule has 2 aliphatic rings. The van der Waals surface area contributed by atoms with Gasteiger partial charge in [0.2, 0.25) is 11.3 Å². The summed E-state index contributed by atoms with van der Waals surface area (Å²) in [6, 6.07) is 5.60. The van der Waals surface area contributed by atoms with Crippen LogP contribution in [0.5, 0.6) is 0 Å². The van der Waals surface area contributed by atoms with Gasteiger partial charge in [0.15, 0.2) is 5.16 Å². The zero-order chi connectivity index (χ0) is 15.1. The number of nitrogens with zero attached hydrogens (tertiary/aromatic N) is 4. The average Bonchev–Trinajstić information content (AvgIpc) is 2.47. The summed E-state index contributed by atoms with van der Waals surface area (Å²) in [5.74, 6) is 0.383. The van der Waals surface area contributed by atoms with Crippen LogP contribution in [-0.2, 0) is 6.54 Å². The predicted molar refractivity (Wildman–Crippen MR) is 81.6 cm³/mol. The Bertz CT molecular complexity index is 875. The van der Waals surface area contributed by atoms with Crippen molar-refractivity contribution in [3.8, 4) is 11.5 Å². The van der Waals surface area contributed by atoms with E-state index in [9.17, 15) is 10.0 Å². The fraction of sp³-hybridized carbons (Fsp3) is 0.286. The lowest BCUT2D eigenvalue weighted by Crippen LogP contribution is -2.40. The molecular weight excluding hydrogens is 288 g/mol. The Morgan fingerprint density at radius 1 is 1.38 bits per heavy atom. The normalized spacial score (nSPS) is 11.4. The molecule has 0 unspecified atom stereocenters. The van der Waals surface area contributed by atoms with Crippen LogP contribution in [0.2, 0.25) is 0 Å². The van der Waals surface area contributed by atoms with E-state index >= 15 is 0 Å². The Balaban J connectivity index is 2.59. The van der Waals surface area contributed by atoms with E-state index in [2.05, 4.69) is 9.97 Å². The van der Waals surface area contributed by atoms with Crippen molar-refractivity contribution < 1.29 is 4.73 Å². The van der Waals surface area contributed by atoms with E-state index in [4.69, 9.17) is 0 Å². The van der Waals surface area contributed by atoms with Crippen molar-refractivity contribution in [1.82, 2.24) is 14.5 Å². The van der Waals surface area contributed by atoms with Crippen LogP contribution >= 0.6 is 11.8 Å². The Morgan fingerprint density at radius 3 is 2.81 bits per heavy atom. The minimum atomic E-state index is -0.537. The van der Waals surface area contributed by atoms with Gasteiger partial charge in [-0.1, -0.05) is 17.8 Å². The maximum atomic E-state index is 12.5. The molecule has 0 saturated heterocycles. The Labute approximate surface area is 125 Å². The lowest BCUT2D eigenvalue weighted by Gasteiger charge is -2.16. The first-order chi connectivity index (χ1) is 10.1. The maximum Gasteiger partial charge on any atom is 0.349 e. The van der Waals surface area contributed by atoms with Crippen LogP contribution in [0.15, 0.2) is 28.2 Å². The Kier molecular flexibility index (Phi) is 3.29. The minimum absolute atomic E-state index is 0.00671. The van der Waals surface area contributed by atoms with Crippen molar-refractivity contribution in [1.29, 1.82) is 0 Å². The standard InChI is InChI=1S/C14H14N4O2S/c1-4-17-9-6-5-8(2)7-10(9)18(20)11-12(17)15-14(21-3)16-13(11)19/h5-7H,4H2,1-3H3. The van der Waals surface area contributed by atoms with E-state index in [1.54, 1.807) is 12.3 Å². The van der Waals surface area contributed by atoms with E-state index in [0.717, 1.165) is 11.1 Å². The third-order valence-corrected chi connectivity index (χ3v) is 3.96. The van der Waals surface area contributed by atoms with Crippen molar-refractivity contribution >= 4 is 22.8 Å². The molecule has 7 heteroatoms.